The largest absolute Gasteiger partial charge is 0.497 e. The molecule has 0 saturated heterocycles. The van der Waals surface area contributed by atoms with Crippen molar-refractivity contribution in [3.63, 3.8) is 0 Å². The van der Waals surface area contributed by atoms with Crippen molar-refractivity contribution < 1.29 is 9.47 Å². The number of nitrogens with zero attached hydrogens (tertiary/aromatic N) is 2. The van der Waals surface area contributed by atoms with Crippen LogP contribution in [0.4, 0.5) is 0 Å². The first kappa shape index (κ1) is 20.2. The van der Waals surface area contributed by atoms with Gasteiger partial charge in [0.1, 0.15) is 18.1 Å². The summed E-state index contributed by atoms with van der Waals surface area (Å²) in [7, 11) is 3.43. The molecule has 150 valence electrons. The molecule has 2 aromatic carbocycles. The quantitative estimate of drug-likeness (QED) is 0.455. The maximum absolute atomic E-state index is 5.77. The van der Waals surface area contributed by atoms with E-state index in [9.17, 15) is 0 Å². The van der Waals surface area contributed by atoms with Gasteiger partial charge in [-0.15, -0.1) is 0 Å². The Labute approximate surface area is 171 Å². The third-order valence-corrected chi connectivity index (χ3v) is 4.31. The summed E-state index contributed by atoms with van der Waals surface area (Å²) >= 11 is 0. The molecule has 0 amide bonds. The third kappa shape index (κ3) is 6.53. The highest BCUT2D eigenvalue weighted by atomic mass is 16.5. The molecule has 0 spiro atoms. The summed E-state index contributed by atoms with van der Waals surface area (Å²) in [6.45, 7) is 1.79. The summed E-state index contributed by atoms with van der Waals surface area (Å²) in [5.41, 5.74) is 3.17. The number of benzene rings is 2. The fourth-order valence-electron chi connectivity index (χ4n) is 2.72. The maximum atomic E-state index is 5.77. The van der Waals surface area contributed by atoms with Crippen LogP contribution in [0.15, 0.2) is 77.9 Å². The minimum Gasteiger partial charge on any atom is -0.497 e. The monoisotopic (exact) mass is 390 g/mol. The van der Waals surface area contributed by atoms with Crippen molar-refractivity contribution in [2.24, 2.45) is 4.99 Å². The molecule has 2 N–H and O–H groups in total. The molecular weight excluding hydrogens is 364 g/mol. The molecule has 0 radical (unpaired) electrons. The minimum absolute atomic E-state index is 0.458. The van der Waals surface area contributed by atoms with Crippen LogP contribution in [0, 0.1) is 0 Å². The van der Waals surface area contributed by atoms with E-state index in [0.29, 0.717) is 19.7 Å². The van der Waals surface area contributed by atoms with Gasteiger partial charge in [0, 0.05) is 26.3 Å². The van der Waals surface area contributed by atoms with E-state index in [0.717, 1.165) is 34.3 Å². The molecule has 0 fully saturated rings. The van der Waals surface area contributed by atoms with Gasteiger partial charge in [-0.05, 0) is 47.5 Å². The van der Waals surface area contributed by atoms with E-state index in [-0.39, 0.29) is 0 Å². The number of hydrogen-bond acceptors (Lipinski definition) is 4. The molecule has 0 aliphatic heterocycles. The van der Waals surface area contributed by atoms with Crippen molar-refractivity contribution >= 4 is 5.96 Å². The number of guanidine groups is 1. The van der Waals surface area contributed by atoms with Crippen molar-refractivity contribution in [2.45, 2.75) is 19.7 Å². The Bertz CT molecular complexity index is 912. The van der Waals surface area contributed by atoms with E-state index in [4.69, 9.17) is 9.47 Å². The van der Waals surface area contributed by atoms with E-state index in [1.165, 1.54) is 0 Å². The lowest BCUT2D eigenvalue weighted by Crippen LogP contribution is -2.36. The first-order chi connectivity index (χ1) is 14.3. The number of ether oxygens (including phenoxy) is 2. The average Bonchev–Trinajstić information content (AvgIpc) is 2.79. The average molecular weight is 390 g/mol. The number of pyridine rings is 1. The van der Waals surface area contributed by atoms with Gasteiger partial charge in [0.15, 0.2) is 5.96 Å². The number of aliphatic imine (C=N–C) groups is 1. The Morgan fingerprint density at radius 2 is 1.69 bits per heavy atom. The van der Waals surface area contributed by atoms with Crippen LogP contribution < -0.4 is 20.1 Å². The van der Waals surface area contributed by atoms with Gasteiger partial charge in [-0.1, -0.05) is 30.3 Å². The second kappa shape index (κ2) is 10.7. The van der Waals surface area contributed by atoms with Crippen molar-refractivity contribution in [1.82, 2.24) is 15.6 Å². The van der Waals surface area contributed by atoms with Crippen LogP contribution in [0.1, 0.15) is 16.8 Å². The van der Waals surface area contributed by atoms with Crippen LogP contribution in [-0.4, -0.2) is 25.1 Å². The van der Waals surface area contributed by atoms with Crippen molar-refractivity contribution in [3.8, 4) is 11.5 Å². The Morgan fingerprint density at radius 3 is 2.38 bits per heavy atom. The Kier molecular flexibility index (Phi) is 7.46. The molecule has 6 nitrogen and oxygen atoms in total. The maximum Gasteiger partial charge on any atom is 0.191 e. The van der Waals surface area contributed by atoms with Gasteiger partial charge in [0.05, 0.1) is 12.8 Å². The van der Waals surface area contributed by atoms with E-state index < -0.39 is 0 Å². The smallest absolute Gasteiger partial charge is 0.191 e. The first-order valence-electron chi connectivity index (χ1n) is 9.46. The molecule has 6 heteroatoms. The zero-order valence-corrected chi connectivity index (χ0v) is 16.8. The Balaban J connectivity index is 1.45. The van der Waals surface area contributed by atoms with Crippen LogP contribution in [0.25, 0.3) is 0 Å². The van der Waals surface area contributed by atoms with Crippen LogP contribution in [0.3, 0.4) is 0 Å². The van der Waals surface area contributed by atoms with Gasteiger partial charge in [-0.2, -0.15) is 0 Å². The van der Waals surface area contributed by atoms with Crippen LogP contribution in [0.2, 0.25) is 0 Å². The summed E-state index contributed by atoms with van der Waals surface area (Å²) in [6.07, 6.45) is 1.77. The summed E-state index contributed by atoms with van der Waals surface area (Å²) < 4.78 is 11.0. The van der Waals surface area contributed by atoms with Gasteiger partial charge in [-0.25, -0.2) is 0 Å². The van der Waals surface area contributed by atoms with E-state index >= 15 is 0 Å². The second-order valence-corrected chi connectivity index (χ2v) is 6.38. The molecule has 1 aromatic heterocycles. The number of rotatable bonds is 8. The summed E-state index contributed by atoms with van der Waals surface area (Å²) in [4.78, 5) is 8.53. The van der Waals surface area contributed by atoms with Gasteiger partial charge in [0.25, 0.3) is 0 Å². The molecule has 0 aliphatic carbocycles. The fourth-order valence-corrected chi connectivity index (χ4v) is 2.72. The van der Waals surface area contributed by atoms with Gasteiger partial charge < -0.3 is 20.1 Å². The molecule has 29 heavy (non-hydrogen) atoms. The predicted molar refractivity (Wildman–Crippen MR) is 115 cm³/mol. The van der Waals surface area contributed by atoms with Gasteiger partial charge >= 0.3 is 0 Å². The number of methoxy groups -OCH3 is 1. The van der Waals surface area contributed by atoms with Crippen LogP contribution in [-0.2, 0) is 19.7 Å². The fraction of sp³-hybridized carbons (Fsp3) is 0.217. The lowest BCUT2D eigenvalue weighted by molar-refractivity contribution is 0.301. The van der Waals surface area contributed by atoms with E-state index in [2.05, 4.69) is 20.6 Å². The van der Waals surface area contributed by atoms with E-state index in [1.807, 2.05) is 66.7 Å². The predicted octanol–water partition coefficient (Wildman–Crippen LogP) is 3.53. The lowest BCUT2D eigenvalue weighted by atomic mass is 10.2. The summed E-state index contributed by atoms with van der Waals surface area (Å²) in [6, 6.07) is 21.8. The Morgan fingerprint density at radius 1 is 0.897 bits per heavy atom. The third-order valence-electron chi connectivity index (χ3n) is 4.31. The van der Waals surface area contributed by atoms with Crippen molar-refractivity contribution in [3.05, 3.63) is 89.7 Å². The SMILES string of the molecule is CN=C(NCc1ccc(OCc2ccccn2)cc1)NCc1cccc(OC)c1. The standard InChI is InChI=1S/C23H26N4O2/c1-24-23(27-16-19-6-5-8-22(14-19)28-2)26-15-18-9-11-21(12-10-18)29-17-20-7-3-4-13-25-20/h3-14H,15-17H2,1-2H3,(H2,24,26,27). The number of aromatic nitrogens is 1. The van der Waals surface area contributed by atoms with Crippen LogP contribution >= 0.6 is 0 Å². The molecule has 0 atom stereocenters. The molecule has 0 saturated carbocycles. The van der Waals surface area contributed by atoms with Gasteiger partial charge in [0.2, 0.25) is 0 Å². The van der Waals surface area contributed by atoms with Crippen molar-refractivity contribution in [1.29, 1.82) is 0 Å². The zero-order valence-electron chi connectivity index (χ0n) is 16.8. The topological polar surface area (TPSA) is 67.8 Å². The first-order valence-corrected chi connectivity index (χ1v) is 9.46. The highest BCUT2D eigenvalue weighted by Gasteiger charge is 2.02. The highest BCUT2D eigenvalue weighted by molar-refractivity contribution is 5.79. The molecule has 3 aromatic rings. The van der Waals surface area contributed by atoms with Gasteiger partial charge in [-0.3, -0.25) is 9.98 Å². The second-order valence-electron chi connectivity index (χ2n) is 6.38. The Hall–Kier alpha value is -3.54. The summed E-state index contributed by atoms with van der Waals surface area (Å²) in [5, 5.41) is 6.63. The van der Waals surface area contributed by atoms with E-state index in [1.54, 1.807) is 20.4 Å². The molecule has 1 heterocycles. The normalized spacial score (nSPS) is 11.0. The molecule has 0 unspecified atom stereocenters. The molecule has 0 bridgehead atoms. The molecule has 3 rings (SSSR count). The zero-order chi connectivity index (χ0) is 20.3. The van der Waals surface area contributed by atoms with Crippen molar-refractivity contribution in [2.75, 3.05) is 14.2 Å². The molecule has 0 aliphatic rings. The summed E-state index contributed by atoms with van der Waals surface area (Å²) in [5.74, 6) is 2.40. The van der Waals surface area contributed by atoms with Crippen LogP contribution in [0.5, 0.6) is 11.5 Å². The number of nitrogens with one attached hydrogen (secondary N) is 2. The minimum atomic E-state index is 0.458. The molecular formula is C23H26N4O2. The lowest BCUT2D eigenvalue weighted by Gasteiger charge is -2.13. The highest BCUT2D eigenvalue weighted by Crippen LogP contribution is 2.14. The number of hydrogen-bond donors (Lipinski definition) is 2.